The third-order valence-corrected chi connectivity index (χ3v) is 2.20. The molecule has 0 saturated carbocycles. The Morgan fingerprint density at radius 2 is 2.31 bits per heavy atom. The van der Waals surface area contributed by atoms with Gasteiger partial charge in [-0.25, -0.2) is 4.98 Å². The highest BCUT2D eigenvalue weighted by Crippen LogP contribution is 2.06. The number of nitrogens with one attached hydrogen (secondary N) is 1. The molecule has 1 N–H and O–H groups in total. The molecule has 4 heteroatoms. The van der Waals surface area contributed by atoms with E-state index in [0.29, 0.717) is 6.42 Å². The second kappa shape index (κ2) is 6.81. The Morgan fingerprint density at radius 1 is 1.50 bits per heavy atom. The van der Waals surface area contributed by atoms with E-state index in [1.165, 1.54) is 0 Å². The molecule has 0 aliphatic carbocycles. The predicted octanol–water partition coefficient (Wildman–Crippen LogP) is 1.86. The first-order valence-corrected chi connectivity index (χ1v) is 5.51. The van der Waals surface area contributed by atoms with Gasteiger partial charge in [0.05, 0.1) is 11.8 Å². The van der Waals surface area contributed by atoms with Crippen LogP contribution >= 0.6 is 0 Å². The molecule has 0 amide bonds. The van der Waals surface area contributed by atoms with E-state index in [1.807, 2.05) is 32.2 Å². The van der Waals surface area contributed by atoms with E-state index in [2.05, 4.69) is 21.3 Å². The van der Waals surface area contributed by atoms with Crippen molar-refractivity contribution in [2.24, 2.45) is 0 Å². The van der Waals surface area contributed by atoms with Crippen LogP contribution in [0.1, 0.15) is 19.0 Å². The molecule has 1 aromatic rings. The summed E-state index contributed by atoms with van der Waals surface area (Å²) in [5.41, 5.74) is 1.03. The van der Waals surface area contributed by atoms with Gasteiger partial charge in [-0.15, -0.1) is 0 Å². The van der Waals surface area contributed by atoms with Crippen molar-refractivity contribution in [2.45, 2.75) is 19.9 Å². The average molecular weight is 218 g/mol. The molecule has 4 nitrogen and oxygen atoms in total. The summed E-state index contributed by atoms with van der Waals surface area (Å²) in [5.74, 6) is 0.911. The zero-order chi connectivity index (χ0) is 11.8. The van der Waals surface area contributed by atoms with E-state index in [1.54, 1.807) is 0 Å². The Kier molecular flexibility index (Phi) is 5.30. The van der Waals surface area contributed by atoms with Crippen LogP contribution in [0.2, 0.25) is 0 Å². The molecule has 0 radical (unpaired) electrons. The molecule has 0 spiro atoms. The molecule has 0 aliphatic heterocycles. The fourth-order valence-corrected chi connectivity index (χ4v) is 1.44. The summed E-state index contributed by atoms with van der Waals surface area (Å²) in [7, 11) is 2.00. The molecule has 86 valence electrons. The number of nitriles is 1. The van der Waals surface area contributed by atoms with E-state index < -0.39 is 0 Å². The maximum Gasteiger partial charge on any atom is 0.126 e. The van der Waals surface area contributed by atoms with Crippen molar-refractivity contribution >= 4 is 5.82 Å². The van der Waals surface area contributed by atoms with Crippen molar-refractivity contribution in [3.63, 3.8) is 0 Å². The van der Waals surface area contributed by atoms with Gasteiger partial charge in [-0.3, -0.25) is 4.90 Å². The first-order chi connectivity index (χ1) is 7.76. The van der Waals surface area contributed by atoms with Gasteiger partial charge in [0.2, 0.25) is 0 Å². The Balaban J connectivity index is 2.53. The van der Waals surface area contributed by atoms with Gasteiger partial charge in [-0.1, -0.05) is 6.07 Å². The van der Waals surface area contributed by atoms with E-state index in [9.17, 15) is 0 Å². The van der Waals surface area contributed by atoms with Gasteiger partial charge in [0, 0.05) is 26.1 Å². The highest BCUT2D eigenvalue weighted by Gasteiger charge is 2.01. The summed E-state index contributed by atoms with van der Waals surface area (Å²) >= 11 is 0. The van der Waals surface area contributed by atoms with Crippen LogP contribution < -0.4 is 5.32 Å². The summed E-state index contributed by atoms with van der Waals surface area (Å²) in [6, 6.07) is 8.10. The standard InChI is InChI=1S/C12H18N4/c1-3-14-12-7-4-6-11(15-12)10-16(2)9-5-8-13/h4,6-7H,3,5,9-10H2,1-2H3,(H,14,15). The fraction of sp³-hybridized carbons (Fsp3) is 0.500. The molecular weight excluding hydrogens is 200 g/mol. The van der Waals surface area contributed by atoms with Crippen LogP contribution in [0.3, 0.4) is 0 Å². The second-order valence-corrected chi connectivity index (χ2v) is 3.69. The van der Waals surface area contributed by atoms with Crippen molar-refractivity contribution in [1.29, 1.82) is 5.26 Å². The summed E-state index contributed by atoms with van der Waals surface area (Å²) in [4.78, 5) is 6.57. The van der Waals surface area contributed by atoms with Gasteiger partial charge in [-0.05, 0) is 26.1 Å². The molecule has 0 saturated heterocycles. The second-order valence-electron chi connectivity index (χ2n) is 3.69. The summed E-state index contributed by atoms with van der Waals surface area (Å²) in [6.45, 7) is 4.48. The minimum Gasteiger partial charge on any atom is -0.370 e. The lowest BCUT2D eigenvalue weighted by Gasteiger charge is -2.14. The Morgan fingerprint density at radius 3 is 3.00 bits per heavy atom. The molecular formula is C12H18N4. The van der Waals surface area contributed by atoms with Gasteiger partial charge in [0.25, 0.3) is 0 Å². The van der Waals surface area contributed by atoms with Crippen molar-refractivity contribution in [1.82, 2.24) is 9.88 Å². The zero-order valence-corrected chi connectivity index (χ0v) is 9.90. The molecule has 1 rings (SSSR count). The van der Waals surface area contributed by atoms with Crippen LogP contribution in [0, 0.1) is 11.3 Å². The van der Waals surface area contributed by atoms with Crippen LogP contribution in [0.15, 0.2) is 18.2 Å². The van der Waals surface area contributed by atoms with Crippen LogP contribution in [0.25, 0.3) is 0 Å². The number of hydrogen-bond donors (Lipinski definition) is 1. The van der Waals surface area contributed by atoms with Crippen LogP contribution in [-0.2, 0) is 6.54 Å². The minimum absolute atomic E-state index is 0.559. The molecule has 0 unspecified atom stereocenters. The number of nitrogens with zero attached hydrogens (tertiary/aromatic N) is 3. The number of pyridine rings is 1. The molecule has 0 fully saturated rings. The predicted molar refractivity (Wildman–Crippen MR) is 65.0 cm³/mol. The summed E-state index contributed by atoms with van der Waals surface area (Å²) in [5, 5.41) is 11.7. The fourth-order valence-electron chi connectivity index (χ4n) is 1.44. The number of anilines is 1. The van der Waals surface area contributed by atoms with Gasteiger partial charge in [-0.2, -0.15) is 5.26 Å². The minimum atomic E-state index is 0.559. The van der Waals surface area contributed by atoms with Crippen LogP contribution in [-0.4, -0.2) is 30.0 Å². The lowest BCUT2D eigenvalue weighted by atomic mass is 10.3. The summed E-state index contributed by atoms with van der Waals surface area (Å²) < 4.78 is 0. The van der Waals surface area contributed by atoms with Gasteiger partial charge in [0.15, 0.2) is 0 Å². The molecule has 16 heavy (non-hydrogen) atoms. The molecule has 0 bridgehead atoms. The monoisotopic (exact) mass is 218 g/mol. The van der Waals surface area contributed by atoms with E-state index in [0.717, 1.165) is 31.1 Å². The van der Waals surface area contributed by atoms with Crippen LogP contribution in [0.5, 0.6) is 0 Å². The Labute approximate surface area is 96.9 Å². The molecule has 1 heterocycles. The van der Waals surface area contributed by atoms with Gasteiger partial charge >= 0.3 is 0 Å². The van der Waals surface area contributed by atoms with Crippen molar-refractivity contribution in [3.05, 3.63) is 23.9 Å². The van der Waals surface area contributed by atoms with E-state index in [-0.39, 0.29) is 0 Å². The summed E-state index contributed by atoms with van der Waals surface area (Å²) in [6.07, 6.45) is 0.559. The third-order valence-electron chi connectivity index (χ3n) is 2.20. The first kappa shape index (κ1) is 12.5. The lowest BCUT2D eigenvalue weighted by molar-refractivity contribution is 0.331. The quantitative estimate of drug-likeness (QED) is 0.791. The number of aromatic nitrogens is 1. The smallest absolute Gasteiger partial charge is 0.126 e. The maximum atomic E-state index is 8.49. The molecule has 1 aromatic heterocycles. The average Bonchev–Trinajstić information content (AvgIpc) is 2.27. The van der Waals surface area contributed by atoms with Crippen molar-refractivity contribution in [3.8, 4) is 6.07 Å². The number of hydrogen-bond acceptors (Lipinski definition) is 4. The van der Waals surface area contributed by atoms with E-state index >= 15 is 0 Å². The maximum absolute atomic E-state index is 8.49. The SMILES string of the molecule is CCNc1cccc(CN(C)CCC#N)n1. The third kappa shape index (κ3) is 4.28. The Bertz CT molecular complexity index is 356. The first-order valence-electron chi connectivity index (χ1n) is 5.51. The van der Waals surface area contributed by atoms with Gasteiger partial charge in [0.1, 0.15) is 5.82 Å². The van der Waals surface area contributed by atoms with Crippen molar-refractivity contribution < 1.29 is 0 Å². The van der Waals surface area contributed by atoms with Gasteiger partial charge < -0.3 is 5.32 Å². The number of rotatable bonds is 6. The normalized spacial score (nSPS) is 10.1. The van der Waals surface area contributed by atoms with Crippen LogP contribution in [0.4, 0.5) is 5.82 Å². The van der Waals surface area contributed by atoms with E-state index in [4.69, 9.17) is 5.26 Å². The lowest BCUT2D eigenvalue weighted by Crippen LogP contribution is -2.19. The molecule has 0 atom stereocenters. The Hall–Kier alpha value is -1.60. The topological polar surface area (TPSA) is 52.0 Å². The highest BCUT2D eigenvalue weighted by atomic mass is 15.1. The molecule has 0 aromatic carbocycles. The molecule has 0 aliphatic rings. The largest absolute Gasteiger partial charge is 0.370 e. The zero-order valence-electron chi connectivity index (χ0n) is 9.90. The van der Waals surface area contributed by atoms with Crippen molar-refractivity contribution in [2.75, 3.05) is 25.5 Å². The highest BCUT2D eigenvalue weighted by molar-refractivity contribution is 5.34.